The fourth-order valence-corrected chi connectivity index (χ4v) is 8.52. The number of benzene rings is 1. The van der Waals surface area contributed by atoms with Crippen molar-refractivity contribution >= 4 is 39.6 Å². The van der Waals surface area contributed by atoms with Crippen molar-refractivity contribution in [2.75, 3.05) is 4.90 Å². The molecule has 0 unspecified atom stereocenters. The molecule has 2 aliphatic heterocycles. The number of hydrogen-bond donors (Lipinski definition) is 0. The Labute approximate surface area is 204 Å². The van der Waals surface area contributed by atoms with Crippen LogP contribution in [-0.4, -0.2) is 28.6 Å². The van der Waals surface area contributed by atoms with Crippen molar-refractivity contribution in [3.8, 4) is 6.07 Å². The van der Waals surface area contributed by atoms with Gasteiger partial charge in [0.25, 0.3) is 5.69 Å². The number of nitro benzene ring substituents is 1. The third-order valence-corrected chi connectivity index (χ3v) is 9.79. The van der Waals surface area contributed by atoms with Crippen molar-refractivity contribution in [1.29, 1.82) is 5.26 Å². The number of oxime groups is 1. The number of amides is 2. The van der Waals surface area contributed by atoms with Crippen LogP contribution in [0.2, 0.25) is 0 Å². The lowest BCUT2D eigenvalue weighted by Gasteiger charge is -2.29. The number of carbonyl (C=O) groups excluding carboxylic acids is 2. The molecular weight excluding hydrogens is 468 g/mol. The lowest BCUT2D eigenvalue weighted by molar-refractivity contribution is -0.384. The highest BCUT2D eigenvalue weighted by Gasteiger charge is 2.70. The summed E-state index contributed by atoms with van der Waals surface area (Å²) < 4.78 is 0. The molecule has 2 saturated carbocycles. The van der Waals surface area contributed by atoms with Crippen molar-refractivity contribution in [3.05, 3.63) is 55.9 Å². The van der Waals surface area contributed by atoms with E-state index in [1.54, 1.807) is 12.1 Å². The van der Waals surface area contributed by atoms with E-state index in [1.165, 1.54) is 28.4 Å². The fraction of sp³-hybridized carbons (Fsp3) is 0.440. The van der Waals surface area contributed by atoms with Gasteiger partial charge in [0, 0.05) is 34.4 Å². The molecule has 1 saturated heterocycles. The van der Waals surface area contributed by atoms with Crippen molar-refractivity contribution in [2.45, 2.75) is 38.2 Å². The second kappa shape index (κ2) is 7.21. The summed E-state index contributed by atoms with van der Waals surface area (Å²) in [6.07, 6.45) is 4.12. The first-order valence-electron chi connectivity index (χ1n) is 11.9. The van der Waals surface area contributed by atoms with E-state index in [4.69, 9.17) is 4.84 Å². The molecule has 2 bridgehead atoms. The normalized spacial score (nSPS) is 32.1. The molecule has 2 amide bonds. The molecule has 176 valence electrons. The van der Waals surface area contributed by atoms with Crippen LogP contribution in [0.3, 0.4) is 0 Å². The van der Waals surface area contributed by atoms with Crippen LogP contribution in [0, 0.1) is 51.0 Å². The molecule has 2 aromatic rings. The van der Waals surface area contributed by atoms with Gasteiger partial charge in [-0.1, -0.05) is 17.3 Å². The number of hydrogen-bond acceptors (Lipinski definition) is 8. The Morgan fingerprint density at radius 3 is 2.69 bits per heavy atom. The molecule has 9 nitrogen and oxygen atoms in total. The Bertz CT molecular complexity index is 1410. The molecule has 35 heavy (non-hydrogen) atoms. The maximum Gasteiger partial charge on any atom is 0.270 e. The lowest BCUT2D eigenvalue weighted by Crippen LogP contribution is -2.41. The van der Waals surface area contributed by atoms with Crippen LogP contribution < -0.4 is 4.90 Å². The van der Waals surface area contributed by atoms with Gasteiger partial charge in [0.15, 0.2) is 0 Å². The molecule has 1 aromatic heterocycles. The highest BCUT2D eigenvalue weighted by Crippen LogP contribution is 2.62. The zero-order valence-corrected chi connectivity index (χ0v) is 19.4. The van der Waals surface area contributed by atoms with Crippen LogP contribution in [0.4, 0.5) is 10.7 Å². The summed E-state index contributed by atoms with van der Waals surface area (Å²) in [5.41, 5.74) is 2.68. The van der Waals surface area contributed by atoms with Crippen molar-refractivity contribution in [1.82, 2.24) is 0 Å². The predicted octanol–water partition coefficient (Wildman–Crippen LogP) is 3.58. The van der Waals surface area contributed by atoms with E-state index < -0.39 is 16.8 Å². The molecule has 3 aliphatic carbocycles. The number of thiophene rings is 1. The molecule has 0 radical (unpaired) electrons. The number of nitrogens with zero attached hydrogens (tertiary/aromatic N) is 4. The summed E-state index contributed by atoms with van der Waals surface area (Å²) >= 11 is 1.42. The maximum absolute atomic E-state index is 13.8. The number of aryl methyl sites for hydroxylation is 1. The van der Waals surface area contributed by atoms with Crippen molar-refractivity contribution in [2.24, 2.45) is 34.7 Å². The monoisotopic (exact) mass is 488 g/mol. The number of imide groups is 1. The number of carbonyl (C=O) groups is 2. The first-order valence-corrected chi connectivity index (χ1v) is 12.7. The molecule has 6 atom stereocenters. The van der Waals surface area contributed by atoms with Crippen molar-refractivity contribution in [3.63, 3.8) is 0 Å². The van der Waals surface area contributed by atoms with Crippen molar-refractivity contribution < 1.29 is 19.3 Å². The molecule has 0 spiro atoms. The van der Waals surface area contributed by atoms with E-state index in [1.807, 2.05) is 0 Å². The molecule has 10 heteroatoms. The van der Waals surface area contributed by atoms with Gasteiger partial charge in [-0.15, -0.1) is 11.3 Å². The second-order valence-electron chi connectivity index (χ2n) is 10.0. The largest absolute Gasteiger partial charge is 0.391 e. The summed E-state index contributed by atoms with van der Waals surface area (Å²) in [4.78, 5) is 46.5. The van der Waals surface area contributed by atoms with Gasteiger partial charge >= 0.3 is 0 Å². The number of nitriles is 1. The van der Waals surface area contributed by atoms with Crippen LogP contribution >= 0.6 is 11.3 Å². The number of nitro groups is 1. The van der Waals surface area contributed by atoms with Crippen LogP contribution in [0.1, 0.15) is 40.8 Å². The minimum absolute atomic E-state index is 0.0290. The highest BCUT2D eigenvalue weighted by molar-refractivity contribution is 7.17. The average molecular weight is 489 g/mol. The Hall–Kier alpha value is -3.58. The van der Waals surface area contributed by atoms with Gasteiger partial charge in [-0.2, -0.15) is 5.26 Å². The third-order valence-electron chi connectivity index (χ3n) is 8.51. The van der Waals surface area contributed by atoms with Gasteiger partial charge in [0.1, 0.15) is 17.2 Å². The van der Waals surface area contributed by atoms with Gasteiger partial charge in [0.05, 0.1) is 28.0 Å². The molecule has 0 N–H and O–H groups in total. The van der Waals surface area contributed by atoms with Crippen LogP contribution in [-0.2, 0) is 27.3 Å². The molecule has 7 rings (SSSR count). The van der Waals surface area contributed by atoms with Gasteiger partial charge in [0.2, 0.25) is 11.8 Å². The minimum Gasteiger partial charge on any atom is -0.391 e. The number of fused-ring (bicyclic) bond motifs is 9. The summed E-state index contributed by atoms with van der Waals surface area (Å²) in [6.45, 7) is 0. The van der Waals surface area contributed by atoms with Gasteiger partial charge in [-0.3, -0.25) is 19.7 Å². The topological polar surface area (TPSA) is 126 Å². The summed E-state index contributed by atoms with van der Waals surface area (Å²) in [5.74, 6) is -1.87. The van der Waals surface area contributed by atoms with Crippen LogP contribution in [0.5, 0.6) is 0 Å². The summed E-state index contributed by atoms with van der Waals surface area (Å²) in [5, 5.41) is 25.9. The Balaban J connectivity index is 1.24. The SMILES string of the molecule is N#Cc1c(N2C(=O)[C@@H]3[C@H]4C[C@@H]([C@H]5ON=C(c6cccc([N+](=O)[O-])c6)[C@@H]45)[C@H]3C2=O)sc2c1CCCC2. The maximum atomic E-state index is 13.8. The number of rotatable bonds is 3. The Morgan fingerprint density at radius 2 is 1.91 bits per heavy atom. The minimum atomic E-state index is -0.481. The van der Waals surface area contributed by atoms with E-state index in [0.717, 1.165) is 36.1 Å². The van der Waals surface area contributed by atoms with E-state index in [9.17, 15) is 25.0 Å². The quantitative estimate of drug-likeness (QED) is 0.369. The Morgan fingerprint density at radius 1 is 1.14 bits per heavy atom. The van der Waals surface area contributed by atoms with Gasteiger partial charge in [-0.25, -0.2) is 4.90 Å². The van der Waals surface area contributed by atoms with E-state index >= 15 is 0 Å². The molecule has 3 fully saturated rings. The summed E-state index contributed by atoms with van der Waals surface area (Å²) in [6, 6.07) is 8.57. The molecule has 1 aromatic carbocycles. The third kappa shape index (κ3) is 2.64. The molecular formula is C25H20N4O5S. The lowest BCUT2D eigenvalue weighted by atomic mass is 9.71. The predicted molar refractivity (Wildman–Crippen MR) is 125 cm³/mol. The summed E-state index contributed by atoms with van der Waals surface area (Å²) in [7, 11) is 0. The van der Waals surface area contributed by atoms with Gasteiger partial charge in [-0.05, 0) is 43.6 Å². The number of anilines is 1. The van der Waals surface area contributed by atoms with Crippen LogP contribution in [0.25, 0.3) is 0 Å². The molecule has 5 aliphatic rings. The Kier molecular flexibility index (Phi) is 4.28. The average Bonchev–Trinajstić information content (AvgIpc) is 3.65. The smallest absolute Gasteiger partial charge is 0.270 e. The standard InChI is InChI=1S/C25H20N4O5S/c26-10-16-13-6-1-2-7-17(13)35-25(16)28-23(30)18-14-9-15(19(18)24(28)31)22-20(14)21(27-34-22)11-4-3-5-12(8-11)29(32)33/h3-5,8,14-15,18-20,22H,1-2,6-7,9H2/t14-,15-,18-,19-,20-,22-/m1/s1. The first kappa shape index (κ1) is 20.8. The molecule has 3 heterocycles. The van der Waals surface area contributed by atoms with E-state index in [0.29, 0.717) is 28.3 Å². The van der Waals surface area contributed by atoms with E-state index in [2.05, 4.69) is 11.2 Å². The zero-order chi connectivity index (χ0) is 24.0. The van der Waals surface area contributed by atoms with E-state index in [-0.39, 0.29) is 41.4 Å². The first-order chi connectivity index (χ1) is 17.0. The number of non-ortho nitro benzene ring substituents is 1. The van der Waals surface area contributed by atoms with Crippen LogP contribution in [0.15, 0.2) is 29.4 Å². The zero-order valence-electron chi connectivity index (χ0n) is 18.5. The fourth-order valence-electron chi connectivity index (χ4n) is 7.17. The second-order valence-corrected chi connectivity index (χ2v) is 11.1. The van der Waals surface area contributed by atoms with Gasteiger partial charge < -0.3 is 4.84 Å². The highest BCUT2D eigenvalue weighted by atomic mass is 32.1.